The zero-order valence-electron chi connectivity index (χ0n) is 26.8. The van der Waals surface area contributed by atoms with E-state index in [-0.39, 0.29) is 11.4 Å². The molecule has 9 nitrogen and oxygen atoms in total. The van der Waals surface area contributed by atoms with Gasteiger partial charge in [0.15, 0.2) is 11.5 Å². The highest BCUT2D eigenvalue weighted by Gasteiger charge is 2.36. The van der Waals surface area contributed by atoms with Gasteiger partial charge in [-0.1, -0.05) is 37.3 Å². The van der Waals surface area contributed by atoms with Crippen LogP contribution < -0.4 is 10.7 Å². The van der Waals surface area contributed by atoms with E-state index in [9.17, 15) is 22.8 Å². The van der Waals surface area contributed by atoms with Gasteiger partial charge in [0.2, 0.25) is 0 Å². The van der Waals surface area contributed by atoms with Crippen molar-refractivity contribution in [3.8, 4) is 0 Å². The third kappa shape index (κ3) is 13.1. The summed E-state index contributed by atoms with van der Waals surface area (Å²) < 4.78 is 41.0. The van der Waals surface area contributed by atoms with E-state index in [0.29, 0.717) is 35.2 Å². The molecule has 45 heavy (non-hydrogen) atoms. The van der Waals surface area contributed by atoms with Crippen LogP contribution in [0.4, 0.5) is 18.9 Å². The van der Waals surface area contributed by atoms with Crippen molar-refractivity contribution in [3.05, 3.63) is 95.4 Å². The van der Waals surface area contributed by atoms with E-state index < -0.39 is 17.9 Å². The van der Waals surface area contributed by atoms with Crippen molar-refractivity contribution in [2.24, 2.45) is 5.10 Å². The number of pyridine rings is 1. The van der Waals surface area contributed by atoms with Gasteiger partial charge >= 0.3 is 6.18 Å². The molecular formula is C33H42F3N7O2. The van der Waals surface area contributed by atoms with Crippen molar-refractivity contribution >= 4 is 35.7 Å². The topological polar surface area (TPSA) is 112 Å². The summed E-state index contributed by atoms with van der Waals surface area (Å²) in [6.07, 6.45) is 11.8. The fourth-order valence-corrected chi connectivity index (χ4v) is 3.63. The number of hydrazone groups is 1. The predicted octanol–water partition coefficient (Wildman–Crippen LogP) is 6.43. The Morgan fingerprint density at radius 1 is 1.13 bits per heavy atom. The van der Waals surface area contributed by atoms with Crippen LogP contribution in [0.1, 0.15) is 56.4 Å². The van der Waals surface area contributed by atoms with E-state index >= 15 is 0 Å². The molecule has 0 aliphatic carbocycles. The number of aldehydes is 2. The number of carbonyl (C=O) groups is 2. The van der Waals surface area contributed by atoms with Crippen molar-refractivity contribution in [3.63, 3.8) is 0 Å². The monoisotopic (exact) mass is 625 g/mol. The summed E-state index contributed by atoms with van der Waals surface area (Å²) >= 11 is 0. The van der Waals surface area contributed by atoms with Gasteiger partial charge in [-0.2, -0.15) is 18.3 Å². The van der Waals surface area contributed by atoms with Crippen molar-refractivity contribution in [1.29, 1.82) is 0 Å². The summed E-state index contributed by atoms with van der Waals surface area (Å²) in [4.78, 5) is 34.7. The second-order valence-electron chi connectivity index (χ2n) is 9.91. The van der Waals surface area contributed by atoms with Crippen LogP contribution in [0.25, 0.3) is 11.3 Å². The Kier molecular flexibility index (Phi) is 16.5. The summed E-state index contributed by atoms with van der Waals surface area (Å²) in [5.41, 5.74) is 5.23. The number of halogens is 3. The second-order valence-corrected chi connectivity index (χ2v) is 9.91. The predicted molar refractivity (Wildman–Crippen MR) is 175 cm³/mol. The summed E-state index contributed by atoms with van der Waals surface area (Å²) in [6.45, 7) is 10.9. The first-order chi connectivity index (χ1) is 21.3. The van der Waals surface area contributed by atoms with Crippen LogP contribution in [0, 0.1) is 6.92 Å². The normalized spacial score (nSPS) is 13.5. The van der Waals surface area contributed by atoms with Gasteiger partial charge < -0.3 is 20.4 Å². The van der Waals surface area contributed by atoms with Gasteiger partial charge in [-0.3, -0.25) is 4.79 Å². The van der Waals surface area contributed by atoms with E-state index in [1.807, 2.05) is 51.1 Å². The molecular weight excluding hydrogens is 583 g/mol. The summed E-state index contributed by atoms with van der Waals surface area (Å²) in [5, 5.41) is 6.87. The molecule has 0 aliphatic heterocycles. The van der Waals surface area contributed by atoms with Gasteiger partial charge in [-0.15, -0.1) is 0 Å². The maximum Gasteiger partial charge on any atom is 0.435 e. The lowest BCUT2D eigenvalue weighted by atomic mass is 10.0. The van der Waals surface area contributed by atoms with Crippen molar-refractivity contribution < 1.29 is 22.8 Å². The molecule has 0 amide bonds. The summed E-state index contributed by atoms with van der Waals surface area (Å²) in [5.74, 6) is 0.318. The molecule has 0 unspecified atom stereocenters. The molecule has 12 heteroatoms. The summed E-state index contributed by atoms with van der Waals surface area (Å²) in [7, 11) is 5.33. The lowest BCUT2D eigenvalue weighted by Crippen LogP contribution is -2.21. The number of aryl methyl sites for hydroxylation is 1. The number of unbranched alkanes of at least 4 members (excludes halogenated alkanes) is 1. The van der Waals surface area contributed by atoms with Crippen molar-refractivity contribution in [2.45, 2.75) is 52.8 Å². The molecule has 2 aromatic rings. The van der Waals surface area contributed by atoms with Crippen LogP contribution in [0.2, 0.25) is 0 Å². The van der Waals surface area contributed by atoms with Gasteiger partial charge in [0.25, 0.3) is 0 Å². The van der Waals surface area contributed by atoms with Gasteiger partial charge in [0, 0.05) is 68.5 Å². The zero-order chi connectivity index (χ0) is 34.0. The quantitative estimate of drug-likeness (QED) is 0.0812. The van der Waals surface area contributed by atoms with Crippen LogP contribution >= 0.6 is 0 Å². The second kappa shape index (κ2) is 19.4. The SMILES string of the molecule is C=C\C(C)=C/C(=C/C=C(/c1cnc(C(/C=N\NC)=C/C=O)nc1)N(C)C)[C@@H](C)Nc1ccc(C)nc1C(F)(F)F.CCCC=O. The molecule has 0 spiro atoms. The lowest BCUT2D eigenvalue weighted by Gasteiger charge is -2.21. The highest BCUT2D eigenvalue weighted by Crippen LogP contribution is 2.34. The molecule has 0 radical (unpaired) electrons. The average Bonchev–Trinajstić information content (AvgIpc) is 2.99. The van der Waals surface area contributed by atoms with E-state index in [0.717, 1.165) is 24.0 Å². The minimum Gasteiger partial charge on any atom is -0.377 e. The Balaban J connectivity index is 0.00000187. The Labute approximate surface area is 263 Å². The maximum atomic E-state index is 13.7. The molecule has 0 bridgehead atoms. The van der Waals surface area contributed by atoms with E-state index in [2.05, 4.69) is 37.4 Å². The van der Waals surface area contributed by atoms with E-state index in [1.54, 1.807) is 32.4 Å². The first-order valence-corrected chi connectivity index (χ1v) is 14.2. The molecule has 242 valence electrons. The molecule has 0 fully saturated rings. The number of anilines is 1. The molecule has 0 saturated heterocycles. The number of carbonyl (C=O) groups excluding carboxylic acids is 2. The Hall–Kier alpha value is -4.87. The molecule has 0 saturated carbocycles. The first kappa shape index (κ1) is 38.2. The lowest BCUT2D eigenvalue weighted by molar-refractivity contribution is -0.140. The number of hydrogen-bond donors (Lipinski definition) is 2. The number of rotatable bonds is 14. The Morgan fingerprint density at radius 3 is 2.29 bits per heavy atom. The van der Waals surface area contributed by atoms with Gasteiger partial charge in [-0.25, -0.2) is 15.0 Å². The van der Waals surface area contributed by atoms with Crippen LogP contribution in [-0.2, 0) is 15.8 Å². The fraction of sp³-hybridized carbons (Fsp3) is 0.333. The van der Waals surface area contributed by atoms with E-state index in [1.165, 1.54) is 31.3 Å². The zero-order valence-corrected chi connectivity index (χ0v) is 26.8. The molecule has 2 rings (SSSR count). The maximum absolute atomic E-state index is 13.7. The van der Waals surface area contributed by atoms with Crippen LogP contribution in [0.3, 0.4) is 0 Å². The van der Waals surface area contributed by atoms with Crippen molar-refractivity contribution in [1.82, 2.24) is 25.3 Å². The van der Waals surface area contributed by atoms with Gasteiger partial charge in [0.05, 0.1) is 11.9 Å². The largest absolute Gasteiger partial charge is 0.435 e. The Morgan fingerprint density at radius 2 is 1.80 bits per heavy atom. The fourth-order valence-electron chi connectivity index (χ4n) is 3.63. The van der Waals surface area contributed by atoms with Crippen LogP contribution in [0.5, 0.6) is 0 Å². The Bertz CT molecular complexity index is 1420. The number of hydrogen-bond acceptors (Lipinski definition) is 9. The highest BCUT2D eigenvalue weighted by atomic mass is 19.4. The van der Waals surface area contributed by atoms with Gasteiger partial charge in [-0.05, 0) is 57.0 Å². The molecule has 1 atom stereocenters. The number of aromatic nitrogens is 3. The molecule has 2 aromatic heterocycles. The smallest absolute Gasteiger partial charge is 0.377 e. The number of alkyl halides is 3. The third-order valence-electron chi connectivity index (χ3n) is 6.00. The van der Waals surface area contributed by atoms with Crippen LogP contribution in [-0.4, -0.2) is 65.8 Å². The van der Waals surface area contributed by atoms with Crippen molar-refractivity contribution in [2.75, 3.05) is 26.5 Å². The number of nitrogens with zero attached hydrogens (tertiary/aromatic N) is 5. The highest BCUT2D eigenvalue weighted by molar-refractivity contribution is 6.11. The third-order valence-corrected chi connectivity index (χ3v) is 6.00. The number of nitrogens with one attached hydrogen (secondary N) is 2. The first-order valence-electron chi connectivity index (χ1n) is 14.2. The summed E-state index contributed by atoms with van der Waals surface area (Å²) in [6, 6.07) is 2.41. The molecule has 2 N–H and O–H groups in total. The minimum absolute atomic E-state index is 0.108. The van der Waals surface area contributed by atoms with E-state index in [4.69, 9.17) is 0 Å². The standard InChI is InChI=1S/C29H34F3N7O.C4H8O/c1-8-19(2)15-22(21(4)38-25-11-9-20(3)37-27(25)29(30,31)32)10-12-26(39(6)7)24-16-34-28(35-17-24)23(13-14-40)18-36-33-5;1-2-3-4-5/h8-18,21,33,38H,1H2,2-7H3;4H,2-3H2,1H3/b19-15-,22-10-,23-13+,26-12-,36-18-;/t21-;/m1./s1. The molecule has 0 aliphatic rings. The average molecular weight is 626 g/mol. The van der Waals surface area contributed by atoms with Gasteiger partial charge in [0.1, 0.15) is 12.6 Å². The molecule has 2 heterocycles. The minimum atomic E-state index is -4.60. The molecule has 0 aromatic carbocycles. The van der Waals surface area contributed by atoms with Crippen LogP contribution in [0.15, 0.2) is 77.7 Å². The number of allylic oxidation sites excluding steroid dienone is 6.